The van der Waals surface area contributed by atoms with Gasteiger partial charge in [0.2, 0.25) is 0 Å². The summed E-state index contributed by atoms with van der Waals surface area (Å²) in [6.45, 7) is 0. The maximum absolute atomic E-state index is 5.52. The lowest BCUT2D eigenvalue weighted by molar-refractivity contribution is 1.08. The van der Waals surface area contributed by atoms with Crippen molar-refractivity contribution in [2.75, 3.05) is 0 Å². The van der Waals surface area contributed by atoms with Gasteiger partial charge in [0.1, 0.15) is 0 Å². The molecule has 0 saturated carbocycles. The summed E-state index contributed by atoms with van der Waals surface area (Å²) in [4.78, 5) is 16.2. The van der Waals surface area contributed by atoms with Crippen molar-refractivity contribution in [3.8, 4) is 39.9 Å². The van der Waals surface area contributed by atoms with Crippen molar-refractivity contribution in [1.29, 1.82) is 0 Å². The number of hydrogen-bond acceptors (Lipinski definition) is 5. The van der Waals surface area contributed by atoms with Gasteiger partial charge in [0.25, 0.3) is 0 Å². The molecule has 0 aliphatic heterocycles. The van der Waals surface area contributed by atoms with E-state index in [0.717, 1.165) is 38.0 Å². The number of nitrogens with zero attached hydrogens (tertiary/aromatic N) is 4. The van der Waals surface area contributed by atoms with E-state index in [1.165, 1.54) is 68.1 Å². The molecule has 0 unspecified atom stereocenters. The monoisotopic (exact) mass is 786 g/mol. The molecule has 274 valence electrons. The average Bonchev–Trinajstić information content (AvgIpc) is 3.99. The standard InChI is InChI=1S/C53H30N4S2/c1-2-15-32(16-3-1)51-54-52(41-28-33-17-5-7-19-36(33)48-39-22-10-13-25-46(39)59-50(41)48)56-53(55-51)42-30-34(29-40-37-20-9-12-24-45(37)58-49(40)42)57-43-23-11-8-21-38(43)47-35-18-6-4-14-31(35)26-27-44(47)57/h1-30H. The fraction of sp³-hybridized carbons (Fsp3) is 0. The Kier molecular flexibility index (Phi) is 7.02. The summed E-state index contributed by atoms with van der Waals surface area (Å²) in [6, 6.07) is 65.4. The van der Waals surface area contributed by atoms with E-state index in [1.54, 1.807) is 11.3 Å². The predicted molar refractivity (Wildman–Crippen MR) is 251 cm³/mol. The van der Waals surface area contributed by atoms with Crippen molar-refractivity contribution in [3.05, 3.63) is 182 Å². The van der Waals surface area contributed by atoms with Gasteiger partial charge in [-0.2, -0.15) is 0 Å². The Bertz CT molecular complexity index is 3860. The van der Waals surface area contributed by atoms with Gasteiger partial charge in [-0.15, -0.1) is 22.7 Å². The summed E-state index contributed by atoms with van der Waals surface area (Å²) in [5.41, 5.74) is 6.34. The first kappa shape index (κ1) is 32.8. The highest BCUT2D eigenvalue weighted by atomic mass is 32.1. The van der Waals surface area contributed by atoms with Gasteiger partial charge >= 0.3 is 0 Å². The van der Waals surface area contributed by atoms with Crippen LogP contribution in [0.4, 0.5) is 0 Å². The molecule has 0 atom stereocenters. The van der Waals surface area contributed by atoms with Crippen molar-refractivity contribution in [2.45, 2.75) is 0 Å². The molecule has 13 aromatic rings. The normalized spacial score (nSPS) is 12.1. The van der Waals surface area contributed by atoms with Gasteiger partial charge in [0, 0.05) is 73.5 Å². The molecule has 4 aromatic heterocycles. The number of fused-ring (bicyclic) bond motifs is 13. The van der Waals surface area contributed by atoms with Crippen LogP contribution in [-0.2, 0) is 0 Å². The second-order valence-electron chi connectivity index (χ2n) is 15.1. The highest BCUT2D eigenvalue weighted by Gasteiger charge is 2.23. The van der Waals surface area contributed by atoms with E-state index in [-0.39, 0.29) is 0 Å². The highest BCUT2D eigenvalue weighted by molar-refractivity contribution is 7.27. The van der Waals surface area contributed by atoms with Gasteiger partial charge in [-0.25, -0.2) is 15.0 Å². The van der Waals surface area contributed by atoms with Crippen molar-refractivity contribution >= 4 is 106 Å². The molecule has 13 rings (SSSR count). The second kappa shape index (κ2) is 12.6. The molecule has 9 aromatic carbocycles. The van der Waals surface area contributed by atoms with Crippen LogP contribution in [0.3, 0.4) is 0 Å². The average molecular weight is 787 g/mol. The molecule has 0 fully saturated rings. The molecule has 0 saturated heterocycles. The Hall–Kier alpha value is -7.25. The molecule has 0 aliphatic rings. The molecule has 0 spiro atoms. The fourth-order valence-electron chi connectivity index (χ4n) is 9.20. The number of aromatic nitrogens is 4. The molecule has 59 heavy (non-hydrogen) atoms. The van der Waals surface area contributed by atoms with Crippen molar-refractivity contribution < 1.29 is 0 Å². The largest absolute Gasteiger partial charge is 0.309 e. The van der Waals surface area contributed by atoms with Gasteiger partial charge in [-0.1, -0.05) is 140 Å². The molecular weight excluding hydrogens is 757 g/mol. The van der Waals surface area contributed by atoms with Crippen LogP contribution in [0.2, 0.25) is 0 Å². The van der Waals surface area contributed by atoms with Crippen molar-refractivity contribution in [3.63, 3.8) is 0 Å². The Balaban J connectivity index is 1.15. The Morgan fingerprint density at radius 2 is 0.932 bits per heavy atom. The third kappa shape index (κ3) is 4.91. The zero-order valence-corrected chi connectivity index (χ0v) is 33.1. The van der Waals surface area contributed by atoms with Gasteiger partial charge < -0.3 is 4.57 Å². The summed E-state index contributed by atoms with van der Waals surface area (Å²) in [5.74, 6) is 1.97. The first-order valence-corrected chi connectivity index (χ1v) is 21.4. The zero-order valence-electron chi connectivity index (χ0n) is 31.4. The van der Waals surface area contributed by atoms with E-state index in [4.69, 9.17) is 15.0 Å². The minimum Gasteiger partial charge on any atom is -0.309 e. The summed E-state index contributed by atoms with van der Waals surface area (Å²) in [7, 11) is 0. The molecule has 4 heterocycles. The smallest absolute Gasteiger partial charge is 0.165 e. The predicted octanol–water partition coefficient (Wildman–Crippen LogP) is 15.0. The molecular formula is C53H30N4S2. The third-order valence-electron chi connectivity index (χ3n) is 11.8. The molecule has 0 radical (unpaired) electrons. The summed E-state index contributed by atoms with van der Waals surface area (Å²) >= 11 is 3.61. The minimum atomic E-state index is 0.649. The number of rotatable bonds is 4. The van der Waals surface area contributed by atoms with Gasteiger partial charge in [-0.3, -0.25) is 0 Å². The number of hydrogen-bond donors (Lipinski definition) is 0. The maximum atomic E-state index is 5.52. The zero-order chi connectivity index (χ0) is 38.6. The van der Waals surface area contributed by atoms with E-state index in [9.17, 15) is 0 Å². The number of benzene rings is 9. The van der Waals surface area contributed by atoms with Crippen LogP contribution in [-0.4, -0.2) is 19.5 Å². The highest BCUT2D eigenvalue weighted by Crippen LogP contribution is 2.46. The summed E-state index contributed by atoms with van der Waals surface area (Å²) in [6.07, 6.45) is 0. The Morgan fingerprint density at radius 1 is 0.356 bits per heavy atom. The van der Waals surface area contributed by atoms with E-state index in [0.29, 0.717) is 17.5 Å². The number of thiophene rings is 2. The molecule has 0 amide bonds. The molecule has 0 bridgehead atoms. The van der Waals surface area contributed by atoms with Crippen LogP contribution in [0.15, 0.2) is 182 Å². The lowest BCUT2D eigenvalue weighted by Gasteiger charge is -2.14. The second-order valence-corrected chi connectivity index (χ2v) is 17.2. The van der Waals surface area contributed by atoms with Crippen molar-refractivity contribution in [1.82, 2.24) is 19.5 Å². The van der Waals surface area contributed by atoms with E-state index in [2.05, 4.69) is 180 Å². The maximum Gasteiger partial charge on any atom is 0.165 e. The van der Waals surface area contributed by atoms with Crippen LogP contribution in [0.1, 0.15) is 0 Å². The quantitative estimate of drug-likeness (QED) is 0.178. The van der Waals surface area contributed by atoms with Crippen LogP contribution in [0, 0.1) is 0 Å². The van der Waals surface area contributed by atoms with Crippen LogP contribution < -0.4 is 0 Å². The van der Waals surface area contributed by atoms with E-state index >= 15 is 0 Å². The molecule has 0 aliphatic carbocycles. The lowest BCUT2D eigenvalue weighted by atomic mass is 10.00. The first-order valence-electron chi connectivity index (χ1n) is 19.8. The topological polar surface area (TPSA) is 43.6 Å². The first-order chi connectivity index (χ1) is 29.2. The van der Waals surface area contributed by atoms with Crippen LogP contribution >= 0.6 is 22.7 Å². The van der Waals surface area contributed by atoms with Gasteiger partial charge in [-0.05, 0) is 64.0 Å². The van der Waals surface area contributed by atoms with Gasteiger partial charge in [0.05, 0.1) is 11.0 Å². The SMILES string of the molecule is c1ccc(-c2nc(-c3cc(-n4c5ccccc5c5c6ccccc6ccc54)cc4c3sc3ccccc34)nc(-c3cc4ccccc4c4c3sc3ccccc34)n2)cc1. The summed E-state index contributed by atoms with van der Waals surface area (Å²) < 4.78 is 7.24. The minimum absolute atomic E-state index is 0.649. The van der Waals surface area contributed by atoms with E-state index in [1.807, 2.05) is 17.4 Å². The Morgan fingerprint density at radius 3 is 1.73 bits per heavy atom. The van der Waals surface area contributed by atoms with E-state index < -0.39 is 0 Å². The molecule has 0 N–H and O–H groups in total. The fourth-order valence-corrected chi connectivity index (χ4v) is 11.6. The number of para-hydroxylation sites is 1. The van der Waals surface area contributed by atoms with Crippen LogP contribution in [0.5, 0.6) is 0 Å². The van der Waals surface area contributed by atoms with Crippen LogP contribution in [0.25, 0.3) is 124 Å². The lowest BCUT2D eigenvalue weighted by Crippen LogP contribution is -2.01. The molecule has 6 heteroatoms. The van der Waals surface area contributed by atoms with Gasteiger partial charge in [0.15, 0.2) is 17.5 Å². The summed E-state index contributed by atoms with van der Waals surface area (Å²) in [5, 5.41) is 12.3. The Labute approximate surface area is 345 Å². The van der Waals surface area contributed by atoms with Crippen molar-refractivity contribution in [2.24, 2.45) is 0 Å². The third-order valence-corrected chi connectivity index (χ3v) is 14.2. The molecule has 4 nitrogen and oxygen atoms in total.